The van der Waals surface area contributed by atoms with Crippen molar-refractivity contribution >= 4 is 17.6 Å². The molecule has 0 aromatic heterocycles. The van der Waals surface area contributed by atoms with E-state index in [9.17, 15) is 9.59 Å². The number of nitrogens with zero attached hydrogens (tertiary/aromatic N) is 1. The Hall–Kier alpha value is -1.88. The molecule has 1 aliphatic rings. The predicted octanol–water partition coefficient (Wildman–Crippen LogP) is 2.13. The van der Waals surface area contributed by atoms with Crippen LogP contribution in [0.2, 0.25) is 0 Å². The average Bonchev–Trinajstić information content (AvgIpc) is 2.51. The highest BCUT2D eigenvalue weighted by molar-refractivity contribution is 5.93. The van der Waals surface area contributed by atoms with Crippen LogP contribution in [0.4, 0.5) is 5.69 Å². The highest BCUT2D eigenvalue weighted by Crippen LogP contribution is 2.19. The van der Waals surface area contributed by atoms with Gasteiger partial charge in [-0.05, 0) is 57.0 Å². The second-order valence-corrected chi connectivity index (χ2v) is 5.94. The zero-order valence-electron chi connectivity index (χ0n) is 13.5. The van der Waals surface area contributed by atoms with Crippen molar-refractivity contribution in [2.24, 2.45) is 5.92 Å². The van der Waals surface area contributed by atoms with Gasteiger partial charge in [0, 0.05) is 5.69 Å². The topological polar surface area (TPSA) is 58.6 Å². The molecule has 1 fully saturated rings. The Morgan fingerprint density at radius 3 is 2.59 bits per heavy atom. The summed E-state index contributed by atoms with van der Waals surface area (Å²) in [4.78, 5) is 25.7. The molecule has 0 unspecified atom stereocenters. The van der Waals surface area contributed by atoms with Gasteiger partial charge in [0.2, 0.25) is 5.91 Å². The van der Waals surface area contributed by atoms with Gasteiger partial charge < -0.3 is 10.1 Å². The number of hydrogen-bond acceptors (Lipinski definition) is 4. The maximum atomic E-state index is 12.2. The molecule has 1 saturated heterocycles. The molecule has 1 amide bonds. The summed E-state index contributed by atoms with van der Waals surface area (Å²) >= 11 is 0. The quantitative estimate of drug-likeness (QED) is 0.866. The minimum Gasteiger partial charge on any atom is -0.469 e. The monoisotopic (exact) mass is 304 g/mol. The Kier molecular flexibility index (Phi) is 5.55. The molecule has 0 bridgehead atoms. The summed E-state index contributed by atoms with van der Waals surface area (Å²) in [7, 11) is 1.42. The highest BCUT2D eigenvalue weighted by atomic mass is 16.5. The van der Waals surface area contributed by atoms with E-state index >= 15 is 0 Å². The smallest absolute Gasteiger partial charge is 0.308 e. The van der Waals surface area contributed by atoms with Crippen molar-refractivity contribution in [3.63, 3.8) is 0 Å². The standard InChI is InChI=1S/C17H24N2O3/c1-12-4-5-13(2)15(10-12)18-16(20)11-19-8-6-14(7-9-19)17(21)22-3/h4-5,10,14H,6-9,11H2,1-3H3,(H,18,20). The largest absolute Gasteiger partial charge is 0.469 e. The SMILES string of the molecule is COC(=O)C1CCN(CC(=O)Nc2cc(C)ccc2C)CC1. The van der Waals surface area contributed by atoms with E-state index < -0.39 is 0 Å². The van der Waals surface area contributed by atoms with Crippen molar-refractivity contribution in [2.75, 3.05) is 32.1 Å². The molecule has 0 atom stereocenters. The van der Waals surface area contributed by atoms with Gasteiger partial charge in [-0.25, -0.2) is 0 Å². The van der Waals surface area contributed by atoms with Crippen molar-refractivity contribution in [2.45, 2.75) is 26.7 Å². The van der Waals surface area contributed by atoms with Gasteiger partial charge in [-0.15, -0.1) is 0 Å². The third-order valence-corrected chi connectivity index (χ3v) is 4.16. The molecule has 1 aromatic carbocycles. The van der Waals surface area contributed by atoms with Crippen LogP contribution in [0.25, 0.3) is 0 Å². The van der Waals surface area contributed by atoms with Gasteiger partial charge in [-0.1, -0.05) is 12.1 Å². The van der Waals surface area contributed by atoms with Crippen LogP contribution in [-0.2, 0) is 14.3 Å². The van der Waals surface area contributed by atoms with Gasteiger partial charge in [0.15, 0.2) is 0 Å². The van der Waals surface area contributed by atoms with E-state index in [4.69, 9.17) is 4.74 Å². The van der Waals surface area contributed by atoms with Crippen LogP contribution in [0, 0.1) is 19.8 Å². The van der Waals surface area contributed by atoms with Gasteiger partial charge in [-0.2, -0.15) is 0 Å². The van der Waals surface area contributed by atoms with Crippen molar-refractivity contribution in [3.8, 4) is 0 Å². The molecule has 1 aliphatic heterocycles. The van der Waals surface area contributed by atoms with Crippen LogP contribution in [0.3, 0.4) is 0 Å². The number of nitrogens with one attached hydrogen (secondary N) is 1. The Bertz CT molecular complexity index is 549. The average molecular weight is 304 g/mol. The second-order valence-electron chi connectivity index (χ2n) is 5.94. The summed E-state index contributed by atoms with van der Waals surface area (Å²) in [5, 5.41) is 2.97. The van der Waals surface area contributed by atoms with Crippen LogP contribution in [0.5, 0.6) is 0 Å². The zero-order chi connectivity index (χ0) is 16.1. The van der Waals surface area contributed by atoms with Crippen molar-refractivity contribution in [3.05, 3.63) is 29.3 Å². The lowest BCUT2D eigenvalue weighted by Crippen LogP contribution is -2.41. The van der Waals surface area contributed by atoms with Crippen LogP contribution < -0.4 is 5.32 Å². The number of esters is 1. The molecule has 1 aromatic rings. The predicted molar refractivity (Wildman–Crippen MR) is 85.7 cm³/mol. The number of aryl methyl sites for hydroxylation is 2. The van der Waals surface area contributed by atoms with E-state index in [2.05, 4.69) is 10.2 Å². The minimum atomic E-state index is -0.139. The van der Waals surface area contributed by atoms with Gasteiger partial charge in [0.25, 0.3) is 0 Å². The summed E-state index contributed by atoms with van der Waals surface area (Å²) in [6, 6.07) is 6.02. The molecule has 2 rings (SSSR count). The number of carbonyl (C=O) groups excluding carboxylic acids is 2. The van der Waals surface area contributed by atoms with Gasteiger partial charge >= 0.3 is 5.97 Å². The molecule has 0 radical (unpaired) electrons. The van der Waals surface area contributed by atoms with Crippen LogP contribution in [-0.4, -0.2) is 43.5 Å². The summed E-state index contributed by atoms with van der Waals surface area (Å²) in [6.07, 6.45) is 1.51. The summed E-state index contributed by atoms with van der Waals surface area (Å²) < 4.78 is 4.77. The number of anilines is 1. The van der Waals surface area contributed by atoms with E-state index in [1.165, 1.54) is 7.11 Å². The lowest BCUT2D eigenvalue weighted by atomic mass is 9.97. The third kappa shape index (κ3) is 4.31. The summed E-state index contributed by atoms with van der Waals surface area (Å²) in [5.74, 6) is -0.173. The van der Waals surface area contributed by atoms with Crippen molar-refractivity contribution in [1.29, 1.82) is 0 Å². The molecule has 1 N–H and O–H groups in total. The van der Waals surface area contributed by atoms with Crippen LogP contribution in [0.1, 0.15) is 24.0 Å². The normalized spacial score (nSPS) is 16.3. The van der Waals surface area contributed by atoms with E-state index in [1.54, 1.807) is 0 Å². The van der Waals surface area contributed by atoms with Gasteiger partial charge in [0.05, 0.1) is 19.6 Å². The number of benzene rings is 1. The first kappa shape index (κ1) is 16.5. The van der Waals surface area contributed by atoms with E-state index in [-0.39, 0.29) is 17.8 Å². The molecule has 0 aliphatic carbocycles. The Labute approximate surface area is 131 Å². The second kappa shape index (κ2) is 7.40. The number of amides is 1. The molecule has 0 saturated carbocycles. The Morgan fingerprint density at radius 2 is 1.95 bits per heavy atom. The first-order valence-corrected chi connectivity index (χ1v) is 7.67. The molecule has 120 valence electrons. The van der Waals surface area contributed by atoms with E-state index in [0.29, 0.717) is 6.54 Å². The van der Waals surface area contributed by atoms with E-state index in [1.807, 2.05) is 32.0 Å². The number of hydrogen-bond donors (Lipinski definition) is 1. The number of ether oxygens (including phenoxy) is 1. The molecular formula is C17H24N2O3. The first-order chi connectivity index (χ1) is 10.5. The summed E-state index contributed by atoms with van der Waals surface area (Å²) in [6.45, 7) is 5.85. The molecular weight excluding hydrogens is 280 g/mol. The molecule has 5 heteroatoms. The fraction of sp³-hybridized carbons (Fsp3) is 0.529. The van der Waals surface area contributed by atoms with Crippen LogP contribution in [0.15, 0.2) is 18.2 Å². The number of methoxy groups -OCH3 is 1. The Balaban J connectivity index is 1.83. The number of piperidine rings is 1. The lowest BCUT2D eigenvalue weighted by molar-refractivity contribution is -0.147. The maximum Gasteiger partial charge on any atom is 0.308 e. The fourth-order valence-corrected chi connectivity index (χ4v) is 2.76. The molecule has 22 heavy (non-hydrogen) atoms. The van der Waals surface area contributed by atoms with Gasteiger partial charge in [-0.3, -0.25) is 14.5 Å². The lowest BCUT2D eigenvalue weighted by Gasteiger charge is -2.30. The zero-order valence-corrected chi connectivity index (χ0v) is 13.5. The Morgan fingerprint density at radius 1 is 1.27 bits per heavy atom. The van der Waals surface area contributed by atoms with Crippen molar-refractivity contribution in [1.82, 2.24) is 4.90 Å². The number of likely N-dealkylation sites (tertiary alicyclic amines) is 1. The number of rotatable bonds is 4. The molecule has 5 nitrogen and oxygen atoms in total. The molecule has 0 spiro atoms. The fourth-order valence-electron chi connectivity index (χ4n) is 2.76. The highest BCUT2D eigenvalue weighted by Gasteiger charge is 2.26. The maximum absolute atomic E-state index is 12.2. The number of carbonyl (C=O) groups is 2. The minimum absolute atomic E-state index is 0.00906. The van der Waals surface area contributed by atoms with Crippen molar-refractivity contribution < 1.29 is 14.3 Å². The van der Waals surface area contributed by atoms with E-state index in [0.717, 1.165) is 42.7 Å². The third-order valence-electron chi connectivity index (χ3n) is 4.16. The first-order valence-electron chi connectivity index (χ1n) is 7.67. The molecule has 1 heterocycles. The van der Waals surface area contributed by atoms with Crippen LogP contribution >= 0.6 is 0 Å². The summed E-state index contributed by atoms with van der Waals surface area (Å²) in [5.41, 5.74) is 3.05. The van der Waals surface area contributed by atoms with Gasteiger partial charge in [0.1, 0.15) is 0 Å².